The van der Waals surface area contributed by atoms with Gasteiger partial charge in [-0.1, -0.05) is 0 Å². The Bertz CT molecular complexity index is 1020. The van der Waals surface area contributed by atoms with Crippen molar-refractivity contribution in [3.63, 3.8) is 0 Å². The molecule has 1 aliphatic rings. The van der Waals surface area contributed by atoms with Crippen LogP contribution in [-0.2, 0) is 4.74 Å². The van der Waals surface area contributed by atoms with Gasteiger partial charge in [-0.15, -0.1) is 5.10 Å². The normalized spacial score (nSPS) is 15.7. The number of nitrogens with one attached hydrogen (secondary N) is 1. The van der Waals surface area contributed by atoms with Gasteiger partial charge < -0.3 is 15.0 Å². The molecule has 3 aromatic heterocycles. The quantitative estimate of drug-likeness (QED) is 0.633. The number of likely N-dealkylation sites (tertiary alicyclic amines) is 1. The number of carbonyl (C=O) groups is 1. The highest BCUT2D eigenvalue weighted by atomic mass is 79.9. The van der Waals surface area contributed by atoms with Gasteiger partial charge in [-0.25, -0.2) is 9.31 Å². The molecule has 154 valence electrons. The van der Waals surface area contributed by atoms with Crippen LogP contribution in [0.15, 0.2) is 35.2 Å². The van der Waals surface area contributed by atoms with Gasteiger partial charge in [0.1, 0.15) is 5.60 Å². The Hall–Kier alpha value is -2.62. The summed E-state index contributed by atoms with van der Waals surface area (Å²) >= 11 is 3.48. The Morgan fingerprint density at radius 2 is 2.07 bits per heavy atom. The smallest absolute Gasteiger partial charge is 0.410 e. The van der Waals surface area contributed by atoms with E-state index in [1.165, 1.54) is 0 Å². The Balaban J connectivity index is 1.37. The molecule has 0 bridgehead atoms. The van der Waals surface area contributed by atoms with Gasteiger partial charge in [0, 0.05) is 25.5 Å². The Morgan fingerprint density at radius 3 is 2.76 bits per heavy atom. The lowest BCUT2D eigenvalue weighted by atomic mass is 10.1. The number of halogens is 1. The van der Waals surface area contributed by atoms with Gasteiger partial charge in [-0.05, 0) is 61.7 Å². The lowest BCUT2D eigenvalue weighted by Gasteiger charge is -2.33. The largest absolute Gasteiger partial charge is 0.444 e. The van der Waals surface area contributed by atoms with Crippen LogP contribution in [0.4, 0.5) is 16.4 Å². The lowest BCUT2D eigenvalue weighted by molar-refractivity contribution is 0.0185. The lowest BCUT2D eigenvalue weighted by Crippen LogP contribution is -2.42. The van der Waals surface area contributed by atoms with Gasteiger partial charge in [0.15, 0.2) is 5.65 Å². The Kier molecular flexibility index (Phi) is 5.20. The summed E-state index contributed by atoms with van der Waals surface area (Å²) in [6.07, 6.45) is 6.98. The Labute approximate surface area is 177 Å². The van der Waals surface area contributed by atoms with E-state index < -0.39 is 5.60 Å². The molecule has 0 radical (unpaired) electrons. The second kappa shape index (κ2) is 7.66. The highest BCUT2D eigenvalue weighted by Gasteiger charge is 2.27. The minimum Gasteiger partial charge on any atom is -0.444 e. The molecule has 4 heterocycles. The molecule has 0 atom stereocenters. The van der Waals surface area contributed by atoms with Crippen LogP contribution < -0.4 is 5.32 Å². The number of piperidine rings is 1. The predicted octanol–water partition coefficient (Wildman–Crippen LogP) is 4.00. The molecule has 0 unspecified atom stereocenters. The van der Waals surface area contributed by atoms with Gasteiger partial charge in [-0.3, -0.25) is 4.68 Å². The van der Waals surface area contributed by atoms with Gasteiger partial charge in [0.25, 0.3) is 0 Å². The first kappa shape index (κ1) is 19.7. The number of hydrogen-bond donors (Lipinski definition) is 1. The number of fused-ring (bicyclic) bond motifs is 1. The molecule has 1 amide bonds. The zero-order chi connectivity index (χ0) is 20.6. The highest BCUT2D eigenvalue weighted by molar-refractivity contribution is 9.10. The summed E-state index contributed by atoms with van der Waals surface area (Å²) in [5.74, 6) is 0.510. The van der Waals surface area contributed by atoms with Crippen LogP contribution in [0.3, 0.4) is 0 Å². The van der Waals surface area contributed by atoms with Crippen molar-refractivity contribution in [3.8, 4) is 0 Å². The average Bonchev–Trinajstić information content (AvgIpc) is 3.28. The first-order valence-electron chi connectivity index (χ1n) is 9.58. The van der Waals surface area contributed by atoms with Crippen LogP contribution in [0.2, 0.25) is 0 Å². The molecule has 10 heteroatoms. The minimum atomic E-state index is -0.474. The van der Waals surface area contributed by atoms with Crippen molar-refractivity contribution < 1.29 is 9.53 Å². The summed E-state index contributed by atoms with van der Waals surface area (Å²) in [4.78, 5) is 18.5. The molecule has 1 aliphatic heterocycles. The predicted molar refractivity (Wildman–Crippen MR) is 112 cm³/mol. The van der Waals surface area contributed by atoms with Gasteiger partial charge in [0.2, 0.25) is 5.95 Å². The number of pyridine rings is 1. The maximum atomic E-state index is 12.2. The maximum Gasteiger partial charge on any atom is 0.410 e. The van der Waals surface area contributed by atoms with Crippen molar-refractivity contribution in [1.29, 1.82) is 0 Å². The summed E-state index contributed by atoms with van der Waals surface area (Å²) in [7, 11) is 0. The monoisotopic (exact) mass is 461 g/mol. The number of carbonyl (C=O) groups excluding carboxylic acids is 1. The molecule has 0 aliphatic carbocycles. The number of amides is 1. The molecule has 1 N–H and O–H groups in total. The fraction of sp³-hybridized carbons (Fsp3) is 0.474. The van der Waals surface area contributed by atoms with Crippen molar-refractivity contribution in [3.05, 3.63) is 35.2 Å². The van der Waals surface area contributed by atoms with Crippen LogP contribution in [0.1, 0.15) is 39.7 Å². The molecule has 1 saturated heterocycles. The summed E-state index contributed by atoms with van der Waals surface area (Å²) in [6, 6.07) is 4.07. The van der Waals surface area contributed by atoms with Crippen LogP contribution in [0, 0.1) is 0 Å². The number of aromatic nitrogens is 5. The number of anilines is 2. The number of nitrogens with zero attached hydrogens (tertiary/aromatic N) is 6. The van der Waals surface area contributed by atoms with Crippen molar-refractivity contribution in [2.24, 2.45) is 0 Å². The van der Waals surface area contributed by atoms with E-state index in [9.17, 15) is 4.79 Å². The number of ether oxygens (including phenoxy) is 1. The molecule has 29 heavy (non-hydrogen) atoms. The van der Waals surface area contributed by atoms with E-state index in [0.29, 0.717) is 19.0 Å². The average molecular weight is 462 g/mol. The maximum absolute atomic E-state index is 12.2. The van der Waals surface area contributed by atoms with Crippen molar-refractivity contribution in [2.75, 3.05) is 18.4 Å². The minimum absolute atomic E-state index is 0.243. The third kappa shape index (κ3) is 4.52. The fourth-order valence-corrected chi connectivity index (χ4v) is 3.72. The van der Waals surface area contributed by atoms with Gasteiger partial charge >= 0.3 is 6.09 Å². The standard InChI is InChI=1S/C19H24BrN7O2/c1-19(2,3)29-18(28)25-9-6-14(7-10-25)27-12-13(11-21-27)22-17-23-16-15(20)5-4-8-26(16)24-17/h4-5,8,11-12,14H,6-7,9-10H2,1-3H3,(H,22,24). The van der Waals surface area contributed by atoms with Crippen LogP contribution in [0.5, 0.6) is 0 Å². The zero-order valence-electron chi connectivity index (χ0n) is 16.7. The zero-order valence-corrected chi connectivity index (χ0v) is 18.3. The summed E-state index contributed by atoms with van der Waals surface area (Å²) in [5, 5.41) is 12.1. The number of rotatable bonds is 3. The molecule has 0 saturated carbocycles. The van der Waals surface area contributed by atoms with Crippen LogP contribution >= 0.6 is 15.9 Å². The second-order valence-corrected chi connectivity index (χ2v) is 8.95. The van der Waals surface area contributed by atoms with Crippen molar-refractivity contribution >= 4 is 39.3 Å². The van der Waals surface area contributed by atoms with Crippen LogP contribution in [-0.4, -0.2) is 54.1 Å². The highest BCUT2D eigenvalue weighted by Crippen LogP contribution is 2.25. The topological polar surface area (TPSA) is 89.6 Å². The van der Waals surface area contributed by atoms with Gasteiger partial charge in [0.05, 0.1) is 22.4 Å². The molecule has 4 rings (SSSR count). The first-order valence-corrected chi connectivity index (χ1v) is 10.4. The van der Waals surface area contributed by atoms with E-state index in [4.69, 9.17) is 4.74 Å². The molecule has 3 aromatic rings. The van der Waals surface area contributed by atoms with Crippen molar-refractivity contribution in [1.82, 2.24) is 29.3 Å². The Morgan fingerprint density at radius 1 is 1.31 bits per heavy atom. The van der Waals surface area contributed by atoms with E-state index in [1.807, 2.05) is 50.0 Å². The molecule has 0 spiro atoms. The fourth-order valence-electron chi connectivity index (χ4n) is 3.30. The third-order valence-corrected chi connectivity index (χ3v) is 5.28. The van der Waals surface area contributed by atoms with E-state index >= 15 is 0 Å². The number of hydrogen-bond acceptors (Lipinski definition) is 6. The van der Waals surface area contributed by atoms with Gasteiger partial charge in [-0.2, -0.15) is 10.1 Å². The van der Waals surface area contributed by atoms with E-state index in [1.54, 1.807) is 15.6 Å². The van der Waals surface area contributed by atoms with Crippen LogP contribution in [0.25, 0.3) is 5.65 Å². The first-order chi connectivity index (χ1) is 13.8. The third-order valence-electron chi connectivity index (χ3n) is 4.66. The van der Waals surface area contributed by atoms with E-state index in [-0.39, 0.29) is 12.1 Å². The summed E-state index contributed by atoms with van der Waals surface area (Å²) < 4.78 is 10.00. The van der Waals surface area contributed by atoms with E-state index in [2.05, 4.69) is 36.4 Å². The summed E-state index contributed by atoms with van der Waals surface area (Å²) in [5.41, 5.74) is 1.10. The van der Waals surface area contributed by atoms with Crippen molar-refractivity contribution in [2.45, 2.75) is 45.3 Å². The second-order valence-electron chi connectivity index (χ2n) is 8.09. The molecule has 9 nitrogen and oxygen atoms in total. The molecule has 1 fully saturated rings. The molecular formula is C19H24BrN7O2. The van der Waals surface area contributed by atoms with E-state index in [0.717, 1.165) is 28.6 Å². The summed E-state index contributed by atoms with van der Waals surface area (Å²) in [6.45, 7) is 6.96. The SMILES string of the molecule is CC(C)(C)OC(=O)N1CCC(n2cc(Nc3nc4c(Br)cccn4n3)cn2)CC1. The molecule has 0 aromatic carbocycles. The molecular weight excluding hydrogens is 438 g/mol.